The summed E-state index contributed by atoms with van der Waals surface area (Å²) >= 11 is 0. The van der Waals surface area contributed by atoms with Crippen molar-refractivity contribution in [3.63, 3.8) is 0 Å². The fourth-order valence-corrected chi connectivity index (χ4v) is 1.14. The van der Waals surface area contributed by atoms with Crippen molar-refractivity contribution in [2.24, 2.45) is 0 Å². The summed E-state index contributed by atoms with van der Waals surface area (Å²) in [6.07, 6.45) is 0. The first-order valence-electron chi connectivity index (χ1n) is 4.96. The minimum absolute atomic E-state index is 0.216. The average molecular weight is 224 g/mol. The van der Waals surface area contributed by atoms with Crippen LogP contribution in [0.3, 0.4) is 0 Å². The highest BCUT2D eigenvalue weighted by atomic mass is 16.5. The van der Waals surface area contributed by atoms with Gasteiger partial charge >= 0.3 is 5.97 Å². The second-order valence-electron chi connectivity index (χ2n) is 3.29. The predicted molar refractivity (Wildman–Crippen MR) is 60.6 cm³/mol. The summed E-state index contributed by atoms with van der Waals surface area (Å²) in [6.45, 7) is 1.68. The molecular weight excluding hydrogens is 208 g/mol. The highest BCUT2D eigenvalue weighted by Crippen LogP contribution is 2.07. The Hall–Kier alpha value is -1.69. The Morgan fingerprint density at radius 2 is 2.25 bits per heavy atom. The van der Waals surface area contributed by atoms with E-state index in [2.05, 4.69) is 20.3 Å². The van der Waals surface area contributed by atoms with E-state index in [4.69, 9.17) is 0 Å². The maximum atomic E-state index is 11.1. The van der Waals surface area contributed by atoms with Gasteiger partial charge in [-0.1, -0.05) is 0 Å². The molecule has 0 bridgehead atoms. The molecule has 0 fully saturated rings. The van der Waals surface area contributed by atoms with Gasteiger partial charge in [0.05, 0.1) is 7.11 Å². The smallest absolute Gasteiger partial charge is 0.358 e. The van der Waals surface area contributed by atoms with Crippen molar-refractivity contribution in [1.82, 2.24) is 15.5 Å². The molecule has 0 radical (unpaired) electrons. The van der Waals surface area contributed by atoms with Gasteiger partial charge in [0.2, 0.25) is 0 Å². The number of nitrogens with zero attached hydrogens (tertiary/aromatic N) is 3. The van der Waals surface area contributed by atoms with Crippen LogP contribution in [0, 0.1) is 0 Å². The summed E-state index contributed by atoms with van der Waals surface area (Å²) in [5.74, 6) is 0.250. The zero-order valence-corrected chi connectivity index (χ0v) is 9.73. The summed E-state index contributed by atoms with van der Waals surface area (Å²) in [5, 5.41) is 10.8. The van der Waals surface area contributed by atoms with E-state index in [9.17, 15) is 4.79 Å². The van der Waals surface area contributed by atoms with Gasteiger partial charge in [-0.15, -0.1) is 10.2 Å². The number of esters is 1. The second-order valence-corrected chi connectivity index (χ2v) is 3.29. The van der Waals surface area contributed by atoms with Crippen LogP contribution in [0.2, 0.25) is 0 Å². The van der Waals surface area contributed by atoms with E-state index in [0.29, 0.717) is 0 Å². The van der Waals surface area contributed by atoms with Crippen LogP contribution in [0.1, 0.15) is 10.5 Å². The largest absolute Gasteiger partial charge is 0.464 e. The van der Waals surface area contributed by atoms with Gasteiger partial charge in [-0.2, -0.15) is 0 Å². The van der Waals surface area contributed by atoms with Crippen LogP contribution < -0.4 is 10.2 Å². The van der Waals surface area contributed by atoms with Crippen molar-refractivity contribution in [1.29, 1.82) is 0 Å². The Morgan fingerprint density at radius 1 is 1.50 bits per heavy atom. The molecule has 0 atom stereocenters. The van der Waals surface area contributed by atoms with Gasteiger partial charge in [-0.25, -0.2) is 4.79 Å². The summed E-state index contributed by atoms with van der Waals surface area (Å²) in [5.41, 5.74) is 0.216. The van der Waals surface area contributed by atoms with E-state index in [-0.39, 0.29) is 5.69 Å². The number of rotatable bonds is 5. The fraction of sp³-hybridized carbons (Fsp3) is 0.500. The lowest BCUT2D eigenvalue weighted by Crippen LogP contribution is -2.28. The molecule has 16 heavy (non-hydrogen) atoms. The molecule has 0 saturated heterocycles. The zero-order chi connectivity index (χ0) is 12.0. The molecule has 0 unspecified atom stereocenters. The minimum Gasteiger partial charge on any atom is -0.464 e. The summed E-state index contributed by atoms with van der Waals surface area (Å²) in [6, 6.07) is 3.35. The first-order valence-corrected chi connectivity index (χ1v) is 4.96. The van der Waals surface area contributed by atoms with Crippen LogP contribution in [0.15, 0.2) is 12.1 Å². The third kappa shape index (κ3) is 3.16. The highest BCUT2D eigenvalue weighted by Gasteiger charge is 2.09. The molecule has 0 aliphatic rings. The first kappa shape index (κ1) is 12.4. The van der Waals surface area contributed by atoms with Crippen molar-refractivity contribution in [2.75, 3.05) is 39.2 Å². The molecule has 0 aliphatic carbocycles. The number of anilines is 1. The maximum Gasteiger partial charge on any atom is 0.358 e. The lowest BCUT2D eigenvalue weighted by molar-refractivity contribution is 0.0592. The van der Waals surface area contributed by atoms with Crippen LogP contribution in [0.4, 0.5) is 5.82 Å². The standard InChI is InChI=1S/C10H16N4O2/c1-11-6-7-14(2)9-5-4-8(12-13-9)10(15)16-3/h4-5,11H,6-7H2,1-3H3. The monoisotopic (exact) mass is 224 g/mol. The lowest BCUT2D eigenvalue weighted by atomic mass is 10.4. The Bertz CT molecular complexity index is 339. The first-order chi connectivity index (χ1) is 7.69. The van der Waals surface area contributed by atoms with Gasteiger partial charge < -0.3 is 15.0 Å². The number of methoxy groups -OCH3 is 1. The number of carbonyl (C=O) groups is 1. The van der Waals surface area contributed by atoms with Crippen LogP contribution in [0.5, 0.6) is 0 Å². The van der Waals surface area contributed by atoms with Crippen molar-refractivity contribution >= 4 is 11.8 Å². The minimum atomic E-state index is -0.475. The predicted octanol–water partition coefficient (Wildman–Crippen LogP) is -0.0812. The van der Waals surface area contributed by atoms with E-state index in [0.717, 1.165) is 18.9 Å². The number of carbonyl (C=O) groups excluding carboxylic acids is 1. The molecule has 1 aromatic heterocycles. The number of hydrogen-bond acceptors (Lipinski definition) is 6. The maximum absolute atomic E-state index is 11.1. The molecule has 1 aromatic rings. The lowest BCUT2D eigenvalue weighted by Gasteiger charge is -2.16. The number of likely N-dealkylation sites (N-methyl/N-ethyl adjacent to an activating group) is 2. The van der Waals surface area contributed by atoms with E-state index in [1.54, 1.807) is 12.1 Å². The van der Waals surface area contributed by atoms with Gasteiger partial charge in [0.1, 0.15) is 0 Å². The van der Waals surface area contributed by atoms with Crippen molar-refractivity contribution < 1.29 is 9.53 Å². The van der Waals surface area contributed by atoms with Gasteiger partial charge in [0.25, 0.3) is 0 Å². The molecule has 0 saturated carbocycles. The molecule has 6 nitrogen and oxygen atoms in total. The summed E-state index contributed by atoms with van der Waals surface area (Å²) in [7, 11) is 5.12. The number of aromatic nitrogens is 2. The van der Waals surface area contributed by atoms with Gasteiger partial charge in [0, 0.05) is 20.1 Å². The van der Waals surface area contributed by atoms with Crippen molar-refractivity contribution in [3.05, 3.63) is 17.8 Å². The quantitative estimate of drug-likeness (QED) is 0.705. The molecule has 6 heteroatoms. The van der Waals surface area contributed by atoms with Gasteiger partial charge in [-0.3, -0.25) is 0 Å². The SMILES string of the molecule is CNCCN(C)c1ccc(C(=O)OC)nn1. The van der Waals surface area contributed by atoms with Crippen molar-refractivity contribution in [3.8, 4) is 0 Å². The normalized spacial score (nSPS) is 9.94. The highest BCUT2D eigenvalue weighted by molar-refractivity contribution is 5.86. The van der Waals surface area contributed by atoms with Crippen LogP contribution in [-0.4, -0.2) is 50.5 Å². The van der Waals surface area contributed by atoms with Crippen molar-refractivity contribution in [2.45, 2.75) is 0 Å². The number of ether oxygens (including phenoxy) is 1. The Kier molecular flexibility index (Phi) is 4.65. The van der Waals surface area contributed by atoms with Crippen LogP contribution >= 0.6 is 0 Å². The van der Waals surface area contributed by atoms with E-state index in [1.165, 1.54) is 7.11 Å². The Morgan fingerprint density at radius 3 is 2.75 bits per heavy atom. The molecule has 0 spiro atoms. The van der Waals surface area contributed by atoms with Gasteiger partial charge in [-0.05, 0) is 19.2 Å². The van der Waals surface area contributed by atoms with Gasteiger partial charge in [0.15, 0.2) is 11.5 Å². The molecule has 1 N–H and O–H groups in total. The van der Waals surface area contributed by atoms with E-state index < -0.39 is 5.97 Å². The third-order valence-electron chi connectivity index (χ3n) is 2.13. The molecular formula is C10H16N4O2. The fourth-order valence-electron chi connectivity index (χ4n) is 1.14. The molecule has 0 amide bonds. The third-order valence-corrected chi connectivity index (χ3v) is 2.13. The zero-order valence-electron chi connectivity index (χ0n) is 9.73. The summed E-state index contributed by atoms with van der Waals surface area (Å²) < 4.78 is 4.54. The number of hydrogen-bond donors (Lipinski definition) is 1. The Labute approximate surface area is 94.6 Å². The molecule has 1 rings (SSSR count). The Balaban J connectivity index is 2.67. The topological polar surface area (TPSA) is 67.4 Å². The number of nitrogens with one attached hydrogen (secondary N) is 1. The van der Waals surface area contributed by atoms with Crippen LogP contribution in [0.25, 0.3) is 0 Å². The molecule has 0 aromatic carbocycles. The van der Waals surface area contributed by atoms with E-state index >= 15 is 0 Å². The molecule has 1 heterocycles. The average Bonchev–Trinajstić information content (AvgIpc) is 2.35. The summed E-state index contributed by atoms with van der Waals surface area (Å²) in [4.78, 5) is 13.1. The molecule has 88 valence electrons. The second kappa shape index (κ2) is 6.02. The molecule has 0 aliphatic heterocycles. The van der Waals surface area contributed by atoms with Crippen LogP contribution in [-0.2, 0) is 4.74 Å². The van der Waals surface area contributed by atoms with E-state index in [1.807, 2.05) is 19.0 Å².